The van der Waals surface area contributed by atoms with Crippen LogP contribution < -0.4 is 5.32 Å². The molecule has 0 fully saturated rings. The summed E-state index contributed by atoms with van der Waals surface area (Å²) in [5.41, 5.74) is -2.77. The minimum Gasteiger partial charge on any atom is -0.384 e. The van der Waals surface area contributed by atoms with Crippen LogP contribution in [0.1, 0.15) is 38.8 Å². The van der Waals surface area contributed by atoms with Crippen LogP contribution in [0, 0.1) is 0 Å². The van der Waals surface area contributed by atoms with E-state index in [1.165, 1.54) is 25.1 Å². The fourth-order valence-electron chi connectivity index (χ4n) is 1.73. The number of rotatable bonds is 3. The smallest absolute Gasteiger partial charge is 0.384 e. The molecule has 19 heavy (non-hydrogen) atoms. The summed E-state index contributed by atoms with van der Waals surface area (Å²) in [7, 11) is 0. The number of β-amino-alcohol motifs (C(OH)–C–C–N with tert-alkyl or cyclic N) is 1. The van der Waals surface area contributed by atoms with E-state index in [9.17, 15) is 18.3 Å². The third-order valence-corrected chi connectivity index (χ3v) is 2.78. The molecule has 0 heterocycles. The highest BCUT2D eigenvalue weighted by molar-refractivity contribution is 5.34. The summed E-state index contributed by atoms with van der Waals surface area (Å²) < 4.78 is 38.8. The summed E-state index contributed by atoms with van der Waals surface area (Å²) in [6, 6.07) is 5.11. The first-order valence-corrected chi connectivity index (χ1v) is 6.08. The molecule has 2 nitrogen and oxygen atoms in total. The molecule has 2 N–H and O–H groups in total. The molecule has 1 aromatic carbocycles. The average molecular weight is 275 g/mol. The second-order valence-electron chi connectivity index (χ2n) is 5.92. The van der Waals surface area contributed by atoms with E-state index in [1.807, 2.05) is 20.8 Å². The lowest BCUT2D eigenvalue weighted by Gasteiger charge is -2.31. The molecule has 0 aliphatic carbocycles. The molecule has 1 unspecified atom stereocenters. The molecule has 1 rings (SSSR count). The molecular formula is C14H20F3NO. The molecule has 0 saturated carbocycles. The average Bonchev–Trinajstić information content (AvgIpc) is 2.25. The van der Waals surface area contributed by atoms with Crippen LogP contribution in [0.4, 0.5) is 13.2 Å². The van der Waals surface area contributed by atoms with Crippen LogP contribution in [0.5, 0.6) is 0 Å². The number of aliphatic hydroxyl groups is 1. The molecule has 0 radical (unpaired) electrons. The Balaban J connectivity index is 3.08. The van der Waals surface area contributed by atoms with Crippen molar-refractivity contribution in [2.24, 2.45) is 0 Å². The van der Waals surface area contributed by atoms with E-state index < -0.39 is 17.3 Å². The van der Waals surface area contributed by atoms with Gasteiger partial charge in [0.15, 0.2) is 0 Å². The first-order chi connectivity index (χ1) is 8.43. The standard InChI is InChI=1S/C14H20F3NO/c1-12(2,3)18-9-13(4,19)10-7-5-6-8-11(10)14(15,16)17/h5-8,18-19H,9H2,1-4H3. The van der Waals surface area contributed by atoms with Gasteiger partial charge >= 0.3 is 6.18 Å². The van der Waals surface area contributed by atoms with Crippen LogP contribution in [-0.4, -0.2) is 17.2 Å². The maximum Gasteiger partial charge on any atom is 0.416 e. The lowest BCUT2D eigenvalue weighted by Crippen LogP contribution is -2.45. The molecule has 108 valence electrons. The number of hydrogen-bond donors (Lipinski definition) is 2. The largest absolute Gasteiger partial charge is 0.416 e. The second kappa shape index (κ2) is 5.13. The normalized spacial score (nSPS) is 16.2. The quantitative estimate of drug-likeness (QED) is 0.887. The van der Waals surface area contributed by atoms with Crippen molar-refractivity contribution >= 4 is 0 Å². The SMILES string of the molecule is CC(C)(C)NCC(C)(O)c1ccccc1C(F)(F)F. The van der Waals surface area contributed by atoms with Gasteiger partial charge < -0.3 is 10.4 Å². The Morgan fingerprint density at radius 3 is 1.89 bits per heavy atom. The van der Waals surface area contributed by atoms with Crippen LogP contribution in [-0.2, 0) is 11.8 Å². The van der Waals surface area contributed by atoms with Crippen molar-refractivity contribution in [3.8, 4) is 0 Å². The predicted octanol–water partition coefficient (Wildman–Crippen LogP) is 3.30. The number of benzene rings is 1. The number of hydrogen-bond acceptors (Lipinski definition) is 2. The molecule has 1 aromatic rings. The number of nitrogens with one attached hydrogen (secondary N) is 1. The molecule has 0 amide bonds. The van der Waals surface area contributed by atoms with Gasteiger partial charge in [-0.05, 0) is 39.3 Å². The van der Waals surface area contributed by atoms with Gasteiger partial charge in [-0.3, -0.25) is 0 Å². The Kier molecular flexibility index (Phi) is 4.32. The fourth-order valence-corrected chi connectivity index (χ4v) is 1.73. The van der Waals surface area contributed by atoms with Crippen molar-refractivity contribution in [3.05, 3.63) is 35.4 Å². The maximum atomic E-state index is 12.9. The van der Waals surface area contributed by atoms with Crippen LogP contribution in [0.25, 0.3) is 0 Å². The van der Waals surface area contributed by atoms with E-state index in [0.29, 0.717) is 0 Å². The monoisotopic (exact) mass is 275 g/mol. The summed E-state index contributed by atoms with van der Waals surface area (Å²) in [6.07, 6.45) is -4.47. The van der Waals surface area contributed by atoms with Crippen molar-refractivity contribution < 1.29 is 18.3 Å². The summed E-state index contributed by atoms with van der Waals surface area (Å²) >= 11 is 0. The van der Waals surface area contributed by atoms with Gasteiger partial charge in [0.05, 0.1) is 11.2 Å². The van der Waals surface area contributed by atoms with Gasteiger partial charge in [-0.15, -0.1) is 0 Å². The summed E-state index contributed by atoms with van der Waals surface area (Å²) in [5, 5.41) is 13.4. The Morgan fingerprint density at radius 1 is 1.00 bits per heavy atom. The molecule has 5 heteroatoms. The van der Waals surface area contributed by atoms with Gasteiger partial charge in [0.2, 0.25) is 0 Å². The minimum atomic E-state index is -4.47. The first-order valence-electron chi connectivity index (χ1n) is 6.08. The van der Waals surface area contributed by atoms with Gasteiger partial charge in [0, 0.05) is 12.1 Å². The van der Waals surface area contributed by atoms with Crippen LogP contribution >= 0.6 is 0 Å². The van der Waals surface area contributed by atoms with E-state index in [4.69, 9.17) is 0 Å². The van der Waals surface area contributed by atoms with Crippen molar-refractivity contribution in [1.29, 1.82) is 0 Å². The van der Waals surface area contributed by atoms with Crippen molar-refractivity contribution in [2.75, 3.05) is 6.54 Å². The van der Waals surface area contributed by atoms with E-state index in [1.54, 1.807) is 0 Å². The van der Waals surface area contributed by atoms with Crippen molar-refractivity contribution in [2.45, 2.75) is 45.0 Å². The highest BCUT2D eigenvalue weighted by Gasteiger charge is 2.38. The molecule has 0 aliphatic rings. The Hall–Kier alpha value is -1.07. The summed E-state index contributed by atoms with van der Waals surface area (Å²) in [6.45, 7) is 7.09. The van der Waals surface area contributed by atoms with E-state index in [2.05, 4.69) is 5.32 Å². The van der Waals surface area contributed by atoms with Gasteiger partial charge in [-0.25, -0.2) is 0 Å². The molecule has 0 aromatic heterocycles. The maximum absolute atomic E-state index is 12.9. The third-order valence-electron chi connectivity index (χ3n) is 2.78. The zero-order valence-electron chi connectivity index (χ0n) is 11.6. The van der Waals surface area contributed by atoms with Crippen LogP contribution in [0.2, 0.25) is 0 Å². The highest BCUT2D eigenvalue weighted by atomic mass is 19.4. The van der Waals surface area contributed by atoms with E-state index in [0.717, 1.165) is 6.07 Å². The topological polar surface area (TPSA) is 32.3 Å². The van der Waals surface area contributed by atoms with E-state index in [-0.39, 0.29) is 17.6 Å². The zero-order valence-corrected chi connectivity index (χ0v) is 11.6. The Morgan fingerprint density at radius 2 is 1.47 bits per heavy atom. The molecule has 0 spiro atoms. The summed E-state index contributed by atoms with van der Waals surface area (Å²) in [4.78, 5) is 0. The number of halogens is 3. The first kappa shape index (κ1) is 16.0. The summed E-state index contributed by atoms with van der Waals surface area (Å²) in [5.74, 6) is 0. The third kappa shape index (κ3) is 4.51. The highest BCUT2D eigenvalue weighted by Crippen LogP contribution is 2.36. The Bertz CT molecular complexity index is 433. The Labute approximate surface area is 111 Å². The minimum absolute atomic E-state index is 0.0452. The molecule has 0 aliphatic heterocycles. The molecule has 0 saturated heterocycles. The van der Waals surface area contributed by atoms with Gasteiger partial charge in [-0.1, -0.05) is 18.2 Å². The van der Waals surface area contributed by atoms with Crippen LogP contribution in [0.15, 0.2) is 24.3 Å². The lowest BCUT2D eigenvalue weighted by atomic mass is 9.90. The predicted molar refractivity (Wildman–Crippen MR) is 68.8 cm³/mol. The number of alkyl halides is 3. The van der Waals surface area contributed by atoms with Crippen molar-refractivity contribution in [3.63, 3.8) is 0 Å². The van der Waals surface area contributed by atoms with Crippen LogP contribution in [0.3, 0.4) is 0 Å². The van der Waals surface area contributed by atoms with Crippen molar-refractivity contribution in [1.82, 2.24) is 5.32 Å². The second-order valence-corrected chi connectivity index (χ2v) is 5.92. The lowest BCUT2D eigenvalue weighted by molar-refractivity contribution is -0.140. The molecule has 1 atom stereocenters. The van der Waals surface area contributed by atoms with Gasteiger partial charge in [-0.2, -0.15) is 13.2 Å². The fraction of sp³-hybridized carbons (Fsp3) is 0.571. The zero-order chi connectivity index (χ0) is 14.9. The molecule has 0 bridgehead atoms. The van der Waals surface area contributed by atoms with Gasteiger partial charge in [0.25, 0.3) is 0 Å². The van der Waals surface area contributed by atoms with Gasteiger partial charge in [0.1, 0.15) is 0 Å². The van der Waals surface area contributed by atoms with E-state index >= 15 is 0 Å². The molecular weight excluding hydrogens is 255 g/mol.